The summed E-state index contributed by atoms with van der Waals surface area (Å²) in [6, 6.07) is 0.179. The van der Waals surface area contributed by atoms with E-state index in [0.29, 0.717) is 18.2 Å². The highest BCUT2D eigenvalue weighted by Gasteiger charge is 2.13. The molecule has 0 aromatic carbocycles. The molecule has 0 bridgehead atoms. The summed E-state index contributed by atoms with van der Waals surface area (Å²) in [4.78, 5) is 11.7. The quantitative estimate of drug-likeness (QED) is 0.364. The molecule has 0 aromatic heterocycles. The van der Waals surface area contributed by atoms with Crippen molar-refractivity contribution in [1.29, 1.82) is 0 Å². The third-order valence-electron chi connectivity index (χ3n) is 3.99. The number of unbranched alkanes of at least 4 members (excludes halogenated alkanes) is 8. The molecule has 2 nitrogen and oxygen atoms in total. The molecular weight excluding hydrogens is 270 g/mol. The summed E-state index contributed by atoms with van der Waals surface area (Å²) in [6.45, 7) is 6.34. The minimum atomic E-state index is 0.178. The summed E-state index contributed by atoms with van der Waals surface area (Å²) >= 11 is 5.79. The van der Waals surface area contributed by atoms with Crippen LogP contribution in [0.15, 0.2) is 0 Å². The molecule has 0 aliphatic heterocycles. The first-order valence-electron chi connectivity index (χ1n) is 8.47. The molecule has 0 rings (SSSR count). The van der Waals surface area contributed by atoms with Gasteiger partial charge in [-0.3, -0.25) is 4.79 Å². The number of rotatable bonds is 13. The van der Waals surface area contributed by atoms with E-state index in [9.17, 15) is 4.79 Å². The van der Waals surface area contributed by atoms with Crippen LogP contribution in [0.1, 0.15) is 85.0 Å². The number of amides is 1. The lowest BCUT2D eigenvalue weighted by Gasteiger charge is -2.19. The molecule has 120 valence electrons. The van der Waals surface area contributed by atoms with Gasteiger partial charge in [0.25, 0.3) is 0 Å². The van der Waals surface area contributed by atoms with Gasteiger partial charge in [-0.25, -0.2) is 0 Å². The second kappa shape index (κ2) is 13.7. The molecule has 2 atom stereocenters. The molecule has 1 amide bonds. The predicted molar refractivity (Wildman–Crippen MR) is 89.3 cm³/mol. The average Bonchev–Trinajstić information content (AvgIpc) is 2.44. The van der Waals surface area contributed by atoms with E-state index in [1.807, 2.05) is 6.92 Å². The van der Waals surface area contributed by atoms with Crippen molar-refractivity contribution in [3.8, 4) is 0 Å². The summed E-state index contributed by atoms with van der Waals surface area (Å²) in [5, 5.41) is 3.03. The van der Waals surface area contributed by atoms with E-state index in [4.69, 9.17) is 11.6 Å². The molecule has 0 fully saturated rings. The standard InChI is InChI=1S/C17H34ClNO/c1-4-5-6-7-8-9-10-11-12-13-17(20)19-16(3)15(2)14-18/h15-16H,4-14H2,1-3H3,(H,19,20). The number of carbonyl (C=O) groups excluding carboxylic acids is 1. The van der Waals surface area contributed by atoms with Crippen LogP contribution in [-0.4, -0.2) is 17.8 Å². The Bertz CT molecular complexity index is 233. The first kappa shape index (κ1) is 19.8. The third kappa shape index (κ3) is 11.6. The van der Waals surface area contributed by atoms with Crippen molar-refractivity contribution < 1.29 is 4.79 Å². The van der Waals surface area contributed by atoms with E-state index in [0.717, 1.165) is 6.42 Å². The van der Waals surface area contributed by atoms with Crippen molar-refractivity contribution in [2.75, 3.05) is 5.88 Å². The number of halogens is 1. The fourth-order valence-corrected chi connectivity index (χ4v) is 2.47. The maximum absolute atomic E-state index is 11.7. The molecule has 0 aromatic rings. The van der Waals surface area contributed by atoms with E-state index >= 15 is 0 Å². The molecule has 0 saturated carbocycles. The van der Waals surface area contributed by atoms with Gasteiger partial charge in [0.05, 0.1) is 0 Å². The largest absolute Gasteiger partial charge is 0.353 e. The summed E-state index contributed by atoms with van der Waals surface area (Å²) in [7, 11) is 0. The van der Waals surface area contributed by atoms with Gasteiger partial charge < -0.3 is 5.32 Å². The van der Waals surface area contributed by atoms with E-state index in [2.05, 4.69) is 19.2 Å². The first-order valence-corrected chi connectivity index (χ1v) is 9.00. The number of hydrogen-bond donors (Lipinski definition) is 1. The Morgan fingerprint density at radius 2 is 1.45 bits per heavy atom. The van der Waals surface area contributed by atoms with Gasteiger partial charge in [-0.1, -0.05) is 65.2 Å². The van der Waals surface area contributed by atoms with Gasteiger partial charge in [-0.2, -0.15) is 0 Å². The van der Waals surface area contributed by atoms with E-state index in [-0.39, 0.29) is 11.9 Å². The summed E-state index contributed by atoms with van der Waals surface area (Å²) in [6.07, 6.45) is 12.3. The molecule has 0 spiro atoms. The van der Waals surface area contributed by atoms with Crippen molar-refractivity contribution in [1.82, 2.24) is 5.32 Å². The molecule has 2 unspecified atom stereocenters. The number of hydrogen-bond acceptors (Lipinski definition) is 1. The van der Waals surface area contributed by atoms with E-state index in [1.54, 1.807) is 0 Å². The fraction of sp³-hybridized carbons (Fsp3) is 0.941. The van der Waals surface area contributed by atoms with Gasteiger partial charge in [0.15, 0.2) is 0 Å². The van der Waals surface area contributed by atoms with E-state index in [1.165, 1.54) is 51.4 Å². The van der Waals surface area contributed by atoms with Crippen molar-refractivity contribution in [3.05, 3.63) is 0 Å². The molecule has 0 aliphatic rings. The Balaban J connectivity index is 3.35. The zero-order chi connectivity index (χ0) is 15.2. The van der Waals surface area contributed by atoms with Gasteiger partial charge in [-0.15, -0.1) is 11.6 Å². The lowest BCUT2D eigenvalue weighted by molar-refractivity contribution is -0.122. The Hall–Kier alpha value is -0.240. The number of alkyl halides is 1. The highest BCUT2D eigenvalue weighted by molar-refractivity contribution is 6.18. The molecule has 0 saturated heterocycles. The average molecular weight is 304 g/mol. The summed E-state index contributed by atoms with van der Waals surface area (Å²) in [5.41, 5.74) is 0. The Labute approximate surface area is 131 Å². The van der Waals surface area contributed by atoms with Gasteiger partial charge in [0.2, 0.25) is 5.91 Å². The van der Waals surface area contributed by atoms with Crippen LogP contribution in [0.4, 0.5) is 0 Å². The monoisotopic (exact) mass is 303 g/mol. The Morgan fingerprint density at radius 1 is 0.950 bits per heavy atom. The molecule has 0 aliphatic carbocycles. The van der Waals surface area contributed by atoms with Crippen LogP contribution in [0.3, 0.4) is 0 Å². The molecule has 1 N–H and O–H groups in total. The number of carbonyl (C=O) groups is 1. The lowest BCUT2D eigenvalue weighted by Crippen LogP contribution is -2.37. The third-order valence-corrected chi connectivity index (χ3v) is 4.48. The lowest BCUT2D eigenvalue weighted by atomic mass is 10.0. The van der Waals surface area contributed by atoms with Crippen LogP contribution in [0.5, 0.6) is 0 Å². The molecular formula is C17H34ClNO. The Morgan fingerprint density at radius 3 is 1.95 bits per heavy atom. The van der Waals surface area contributed by atoms with Crippen LogP contribution in [-0.2, 0) is 4.79 Å². The van der Waals surface area contributed by atoms with Gasteiger partial charge in [0, 0.05) is 18.3 Å². The SMILES string of the molecule is CCCCCCCCCCCC(=O)NC(C)C(C)CCl. The summed E-state index contributed by atoms with van der Waals surface area (Å²) < 4.78 is 0. The first-order chi connectivity index (χ1) is 9.61. The van der Waals surface area contributed by atoms with Crippen molar-refractivity contribution in [2.45, 2.75) is 91.0 Å². The maximum Gasteiger partial charge on any atom is 0.220 e. The minimum Gasteiger partial charge on any atom is -0.353 e. The predicted octanol–water partition coefficient (Wildman–Crippen LogP) is 5.29. The highest BCUT2D eigenvalue weighted by atomic mass is 35.5. The maximum atomic E-state index is 11.7. The highest BCUT2D eigenvalue weighted by Crippen LogP contribution is 2.11. The molecule has 20 heavy (non-hydrogen) atoms. The normalized spacial score (nSPS) is 14.0. The fourth-order valence-electron chi connectivity index (χ4n) is 2.20. The summed E-state index contributed by atoms with van der Waals surface area (Å²) in [5.74, 6) is 1.11. The second-order valence-electron chi connectivity index (χ2n) is 6.07. The zero-order valence-corrected chi connectivity index (χ0v) is 14.5. The topological polar surface area (TPSA) is 29.1 Å². The van der Waals surface area contributed by atoms with E-state index < -0.39 is 0 Å². The zero-order valence-electron chi connectivity index (χ0n) is 13.7. The van der Waals surface area contributed by atoms with Crippen LogP contribution >= 0.6 is 11.6 Å². The van der Waals surface area contributed by atoms with Gasteiger partial charge in [-0.05, 0) is 19.3 Å². The molecule has 3 heteroatoms. The van der Waals surface area contributed by atoms with Crippen LogP contribution in [0.25, 0.3) is 0 Å². The second-order valence-corrected chi connectivity index (χ2v) is 6.37. The Kier molecular flexibility index (Phi) is 13.6. The van der Waals surface area contributed by atoms with Crippen LogP contribution in [0.2, 0.25) is 0 Å². The smallest absolute Gasteiger partial charge is 0.220 e. The molecule has 0 heterocycles. The van der Waals surface area contributed by atoms with Crippen LogP contribution in [0, 0.1) is 5.92 Å². The van der Waals surface area contributed by atoms with Gasteiger partial charge in [0.1, 0.15) is 0 Å². The molecule has 0 radical (unpaired) electrons. The minimum absolute atomic E-state index is 0.178. The van der Waals surface area contributed by atoms with Crippen molar-refractivity contribution in [2.24, 2.45) is 5.92 Å². The van der Waals surface area contributed by atoms with Crippen molar-refractivity contribution >= 4 is 17.5 Å². The number of nitrogens with one attached hydrogen (secondary N) is 1. The van der Waals surface area contributed by atoms with Crippen molar-refractivity contribution in [3.63, 3.8) is 0 Å². The van der Waals surface area contributed by atoms with Gasteiger partial charge >= 0.3 is 0 Å². The van der Waals surface area contributed by atoms with Crippen LogP contribution < -0.4 is 5.32 Å².